The van der Waals surface area contributed by atoms with Gasteiger partial charge < -0.3 is 25.0 Å². The zero-order valence-electron chi connectivity index (χ0n) is 18.1. The van der Waals surface area contributed by atoms with Crippen LogP contribution in [0.15, 0.2) is 65.4 Å². The summed E-state index contributed by atoms with van der Waals surface area (Å²) in [5, 5.41) is 8.67. The Hall–Kier alpha value is -4.18. The van der Waals surface area contributed by atoms with Crippen molar-refractivity contribution in [2.24, 2.45) is 0 Å². The molecule has 0 fully saturated rings. The molecule has 0 aliphatic carbocycles. The zero-order chi connectivity index (χ0) is 24.1. The second-order valence-electron chi connectivity index (χ2n) is 7.28. The summed E-state index contributed by atoms with van der Waals surface area (Å²) in [4.78, 5) is 51.6. The van der Waals surface area contributed by atoms with E-state index in [1.54, 1.807) is 59.3 Å². The highest BCUT2D eigenvalue weighted by Crippen LogP contribution is 2.33. The molecule has 174 valence electrons. The maximum Gasteiger partial charge on any atom is 0.340 e. The summed E-state index contributed by atoms with van der Waals surface area (Å²) in [6.07, 6.45) is -0.896. The van der Waals surface area contributed by atoms with Gasteiger partial charge in [0.1, 0.15) is 5.75 Å². The van der Waals surface area contributed by atoms with Crippen LogP contribution >= 0.6 is 11.3 Å². The number of thiophene rings is 1. The van der Waals surface area contributed by atoms with Crippen molar-refractivity contribution in [3.63, 3.8) is 0 Å². The van der Waals surface area contributed by atoms with Crippen molar-refractivity contribution in [1.29, 1.82) is 0 Å². The summed E-state index contributed by atoms with van der Waals surface area (Å²) < 4.78 is 11.0. The third kappa shape index (κ3) is 4.91. The molecule has 3 amide bonds. The van der Waals surface area contributed by atoms with Gasteiger partial charge in [-0.1, -0.05) is 24.3 Å². The van der Waals surface area contributed by atoms with Gasteiger partial charge in [0.2, 0.25) is 0 Å². The minimum Gasteiger partial charge on any atom is -0.477 e. The Morgan fingerprint density at radius 3 is 2.62 bits per heavy atom. The van der Waals surface area contributed by atoms with E-state index < -0.39 is 24.6 Å². The SMILES string of the molecule is CNC(=O)C1CN(C(=O)COC(=O)c2ccccc2NC(=O)c2ccsc2)c2ccccc2O1. The van der Waals surface area contributed by atoms with Crippen molar-refractivity contribution < 1.29 is 28.7 Å². The molecule has 1 unspecified atom stereocenters. The van der Waals surface area contributed by atoms with Gasteiger partial charge in [0, 0.05) is 12.4 Å². The molecule has 0 radical (unpaired) electrons. The Balaban J connectivity index is 1.46. The van der Waals surface area contributed by atoms with E-state index in [4.69, 9.17) is 9.47 Å². The van der Waals surface area contributed by atoms with Gasteiger partial charge in [-0.2, -0.15) is 11.3 Å². The molecule has 0 spiro atoms. The highest BCUT2D eigenvalue weighted by molar-refractivity contribution is 7.08. The number of nitrogens with one attached hydrogen (secondary N) is 2. The van der Waals surface area contributed by atoms with Gasteiger partial charge in [-0.05, 0) is 35.7 Å². The Bertz CT molecular complexity index is 1230. The van der Waals surface area contributed by atoms with Gasteiger partial charge in [-0.25, -0.2) is 4.79 Å². The third-order valence-corrected chi connectivity index (χ3v) is 5.80. The van der Waals surface area contributed by atoms with E-state index in [0.717, 1.165) is 0 Å². The Morgan fingerprint density at radius 1 is 1.09 bits per heavy atom. The van der Waals surface area contributed by atoms with Crippen LogP contribution in [-0.4, -0.2) is 50.0 Å². The first-order valence-electron chi connectivity index (χ1n) is 10.3. The van der Waals surface area contributed by atoms with Crippen molar-refractivity contribution in [2.45, 2.75) is 6.10 Å². The maximum absolute atomic E-state index is 13.0. The van der Waals surface area contributed by atoms with Crippen molar-refractivity contribution in [2.75, 3.05) is 30.4 Å². The minimum atomic E-state index is -0.896. The highest BCUT2D eigenvalue weighted by atomic mass is 32.1. The number of esters is 1. The van der Waals surface area contributed by atoms with Crippen LogP contribution < -0.4 is 20.3 Å². The average molecular weight is 480 g/mol. The summed E-state index contributed by atoms with van der Waals surface area (Å²) in [5.41, 5.74) is 1.34. The molecule has 1 aromatic heterocycles. The predicted molar refractivity (Wildman–Crippen MR) is 126 cm³/mol. The van der Waals surface area contributed by atoms with Gasteiger partial charge in [0.05, 0.1) is 29.0 Å². The first-order chi connectivity index (χ1) is 16.5. The Morgan fingerprint density at radius 2 is 1.85 bits per heavy atom. The van der Waals surface area contributed by atoms with Gasteiger partial charge in [-0.3, -0.25) is 14.4 Å². The second kappa shape index (κ2) is 10.2. The number of hydrogen-bond acceptors (Lipinski definition) is 7. The lowest BCUT2D eigenvalue weighted by atomic mass is 10.1. The summed E-state index contributed by atoms with van der Waals surface area (Å²) in [5.74, 6) is -1.64. The molecule has 2 aromatic carbocycles. The average Bonchev–Trinajstić information content (AvgIpc) is 3.41. The molecule has 0 saturated carbocycles. The maximum atomic E-state index is 13.0. The number of hydrogen-bond donors (Lipinski definition) is 2. The largest absolute Gasteiger partial charge is 0.477 e. The fourth-order valence-electron chi connectivity index (χ4n) is 3.41. The minimum absolute atomic E-state index is 0.0274. The summed E-state index contributed by atoms with van der Waals surface area (Å²) in [6.45, 7) is -0.583. The quantitative estimate of drug-likeness (QED) is 0.526. The van der Waals surface area contributed by atoms with Crippen LogP contribution in [0.4, 0.5) is 11.4 Å². The summed E-state index contributed by atoms with van der Waals surface area (Å²) in [6, 6.07) is 14.9. The van der Waals surface area contributed by atoms with E-state index in [0.29, 0.717) is 17.0 Å². The molecule has 2 N–H and O–H groups in total. The number of nitrogens with zero attached hydrogens (tertiary/aromatic N) is 1. The number of para-hydroxylation sites is 3. The number of benzene rings is 2. The van der Waals surface area contributed by atoms with Crippen LogP contribution in [0.25, 0.3) is 0 Å². The van der Waals surface area contributed by atoms with Crippen LogP contribution in [0.3, 0.4) is 0 Å². The summed E-state index contributed by atoms with van der Waals surface area (Å²) in [7, 11) is 1.48. The number of fused-ring (bicyclic) bond motifs is 1. The van der Waals surface area contributed by atoms with E-state index in [2.05, 4.69) is 10.6 Å². The first-order valence-corrected chi connectivity index (χ1v) is 11.3. The molecular weight excluding hydrogens is 458 g/mol. The molecule has 1 aliphatic rings. The predicted octanol–water partition coefficient (Wildman–Crippen LogP) is 2.70. The fourth-order valence-corrected chi connectivity index (χ4v) is 4.05. The fraction of sp³-hybridized carbons (Fsp3) is 0.167. The van der Waals surface area contributed by atoms with Crippen LogP contribution in [0, 0.1) is 0 Å². The van der Waals surface area contributed by atoms with E-state index >= 15 is 0 Å². The molecule has 1 aliphatic heterocycles. The van der Waals surface area contributed by atoms with Gasteiger partial charge >= 0.3 is 5.97 Å². The lowest BCUT2D eigenvalue weighted by Crippen LogP contribution is -2.51. The number of carbonyl (C=O) groups excluding carboxylic acids is 4. The molecule has 2 heterocycles. The van der Waals surface area contributed by atoms with Crippen LogP contribution in [0.5, 0.6) is 5.75 Å². The van der Waals surface area contributed by atoms with Crippen molar-refractivity contribution >= 4 is 46.4 Å². The third-order valence-electron chi connectivity index (χ3n) is 5.12. The number of carbonyl (C=O) groups is 4. The Kier molecular flexibility index (Phi) is 6.88. The molecular formula is C24H21N3O6S. The van der Waals surface area contributed by atoms with E-state index in [9.17, 15) is 19.2 Å². The van der Waals surface area contributed by atoms with E-state index in [1.165, 1.54) is 29.4 Å². The van der Waals surface area contributed by atoms with Crippen molar-refractivity contribution in [1.82, 2.24) is 5.32 Å². The molecule has 10 heteroatoms. The first kappa shape index (κ1) is 23.0. The lowest BCUT2D eigenvalue weighted by molar-refractivity contribution is -0.128. The smallest absolute Gasteiger partial charge is 0.340 e. The van der Waals surface area contributed by atoms with Crippen LogP contribution in [0.2, 0.25) is 0 Å². The molecule has 0 saturated heterocycles. The highest BCUT2D eigenvalue weighted by Gasteiger charge is 2.33. The topological polar surface area (TPSA) is 114 Å². The van der Waals surface area contributed by atoms with Gasteiger partial charge in [0.15, 0.2) is 12.7 Å². The lowest BCUT2D eigenvalue weighted by Gasteiger charge is -2.33. The molecule has 9 nitrogen and oxygen atoms in total. The number of ether oxygens (including phenoxy) is 2. The molecule has 1 atom stereocenters. The Labute approximate surface area is 199 Å². The zero-order valence-corrected chi connectivity index (χ0v) is 19.0. The normalized spacial score (nSPS) is 14.4. The van der Waals surface area contributed by atoms with Crippen LogP contribution in [0.1, 0.15) is 20.7 Å². The molecule has 4 rings (SSSR count). The van der Waals surface area contributed by atoms with Crippen molar-refractivity contribution in [3.8, 4) is 5.75 Å². The summed E-state index contributed by atoms with van der Waals surface area (Å²) >= 11 is 1.38. The van der Waals surface area contributed by atoms with Crippen LogP contribution in [-0.2, 0) is 14.3 Å². The molecule has 3 aromatic rings. The monoisotopic (exact) mass is 479 g/mol. The number of anilines is 2. The molecule has 34 heavy (non-hydrogen) atoms. The number of rotatable bonds is 6. The van der Waals surface area contributed by atoms with Gasteiger partial charge in [0.25, 0.3) is 17.7 Å². The standard InChI is InChI=1S/C24H21N3O6S/c1-25-23(30)20-12-27(18-8-4-5-9-19(18)33-20)21(28)13-32-24(31)16-6-2-3-7-17(16)26-22(29)15-10-11-34-14-15/h2-11,14,20H,12-13H2,1H3,(H,25,30)(H,26,29). The van der Waals surface area contributed by atoms with E-state index in [-0.39, 0.29) is 29.6 Å². The molecule has 0 bridgehead atoms. The van der Waals surface area contributed by atoms with Crippen molar-refractivity contribution in [3.05, 3.63) is 76.5 Å². The second-order valence-corrected chi connectivity index (χ2v) is 8.06. The van der Waals surface area contributed by atoms with Gasteiger partial charge in [-0.15, -0.1) is 0 Å². The van der Waals surface area contributed by atoms with E-state index in [1.807, 2.05) is 0 Å². The number of likely N-dealkylation sites (N-methyl/N-ethyl adjacent to an activating group) is 1. The number of amides is 3.